The van der Waals surface area contributed by atoms with Crippen molar-refractivity contribution < 1.29 is 19.1 Å². The quantitative estimate of drug-likeness (QED) is 0.449. The number of piperidine rings is 1. The molecule has 0 aliphatic carbocycles. The van der Waals surface area contributed by atoms with Gasteiger partial charge in [-0.05, 0) is 24.6 Å². The average Bonchev–Trinajstić information content (AvgIpc) is 2.36. The lowest BCUT2D eigenvalue weighted by molar-refractivity contribution is -0.142. The van der Waals surface area contributed by atoms with Crippen molar-refractivity contribution in [3.63, 3.8) is 0 Å². The molecule has 0 bridgehead atoms. The summed E-state index contributed by atoms with van der Waals surface area (Å²) >= 11 is 0. The first-order chi connectivity index (χ1) is 9.08. The van der Waals surface area contributed by atoms with Crippen molar-refractivity contribution in [2.45, 2.75) is 12.5 Å². The summed E-state index contributed by atoms with van der Waals surface area (Å²) in [7, 11) is 0. The van der Waals surface area contributed by atoms with Crippen LogP contribution in [0.25, 0.3) is 0 Å². The van der Waals surface area contributed by atoms with Gasteiger partial charge in [0, 0.05) is 6.54 Å². The molecule has 1 heterocycles. The fraction of sp³-hybridized carbons (Fsp3) is 0.333. The molecule has 2 atom stereocenters. The van der Waals surface area contributed by atoms with Crippen molar-refractivity contribution in [2.24, 2.45) is 5.92 Å². The third-order valence-electron chi connectivity index (χ3n) is 2.84. The molecule has 1 fully saturated rings. The van der Waals surface area contributed by atoms with Crippen molar-refractivity contribution in [2.75, 3.05) is 12.0 Å². The second kappa shape index (κ2) is 5.66. The van der Waals surface area contributed by atoms with Crippen LogP contribution in [-0.2, 0) is 9.59 Å². The molecule has 2 unspecified atom stereocenters. The lowest BCUT2D eigenvalue weighted by Gasteiger charge is -2.26. The average molecular weight is 267 g/mol. The summed E-state index contributed by atoms with van der Waals surface area (Å²) in [5.41, 5.74) is 5.12. The topological polar surface area (TPSA) is 90.5 Å². The van der Waals surface area contributed by atoms with Gasteiger partial charge in [0.25, 0.3) is 5.91 Å². The van der Waals surface area contributed by atoms with Crippen LogP contribution in [-0.4, -0.2) is 29.6 Å². The fourth-order valence-electron chi connectivity index (χ4n) is 1.87. The van der Waals surface area contributed by atoms with Crippen molar-refractivity contribution in [1.82, 2.24) is 10.7 Å². The maximum absolute atomic E-state index is 12.9. The van der Waals surface area contributed by atoms with Crippen molar-refractivity contribution in [3.8, 4) is 0 Å². The van der Waals surface area contributed by atoms with Crippen LogP contribution < -0.4 is 16.2 Å². The van der Waals surface area contributed by atoms with Gasteiger partial charge >= 0.3 is 0 Å². The van der Waals surface area contributed by atoms with E-state index in [0.717, 1.165) is 0 Å². The van der Waals surface area contributed by atoms with Gasteiger partial charge in [-0.15, -0.1) is 0 Å². The Morgan fingerprint density at radius 1 is 1.47 bits per heavy atom. The van der Waals surface area contributed by atoms with E-state index in [9.17, 15) is 19.1 Å². The minimum Gasteiger partial charge on any atom is -0.392 e. The molecule has 0 saturated carbocycles. The number of carbonyl (C=O) groups is 2. The van der Waals surface area contributed by atoms with Gasteiger partial charge in [0.1, 0.15) is 11.7 Å². The zero-order chi connectivity index (χ0) is 13.8. The van der Waals surface area contributed by atoms with E-state index in [2.05, 4.69) is 16.2 Å². The third-order valence-corrected chi connectivity index (χ3v) is 2.84. The predicted molar refractivity (Wildman–Crippen MR) is 65.3 cm³/mol. The Morgan fingerprint density at radius 3 is 2.95 bits per heavy atom. The largest absolute Gasteiger partial charge is 0.392 e. The zero-order valence-corrected chi connectivity index (χ0v) is 10.0. The third kappa shape index (κ3) is 3.19. The molecule has 1 aliphatic rings. The van der Waals surface area contributed by atoms with Crippen LogP contribution in [0.3, 0.4) is 0 Å². The van der Waals surface area contributed by atoms with Gasteiger partial charge in [-0.3, -0.25) is 20.4 Å². The maximum Gasteiger partial charge on any atom is 0.253 e. The summed E-state index contributed by atoms with van der Waals surface area (Å²) in [5.74, 6) is -2.78. The minimum absolute atomic E-state index is 0.323. The molecule has 1 saturated heterocycles. The second-order valence-corrected chi connectivity index (χ2v) is 4.25. The molecule has 4 N–H and O–H groups in total. The number of hydrazine groups is 1. The molecule has 0 radical (unpaired) electrons. The predicted octanol–water partition coefficient (Wildman–Crippen LogP) is -0.234. The molecule has 0 spiro atoms. The molecule has 2 amide bonds. The van der Waals surface area contributed by atoms with Gasteiger partial charge in [-0.25, -0.2) is 4.39 Å². The van der Waals surface area contributed by atoms with Crippen molar-refractivity contribution in [1.29, 1.82) is 0 Å². The minimum atomic E-state index is -1.16. The van der Waals surface area contributed by atoms with Crippen LogP contribution in [0.1, 0.15) is 6.42 Å². The van der Waals surface area contributed by atoms with Gasteiger partial charge in [0.15, 0.2) is 0 Å². The molecule has 0 aromatic heterocycles. The first kappa shape index (κ1) is 13.3. The van der Waals surface area contributed by atoms with E-state index in [1.54, 1.807) is 6.07 Å². The van der Waals surface area contributed by atoms with Crippen molar-refractivity contribution >= 4 is 17.5 Å². The highest BCUT2D eigenvalue weighted by Crippen LogP contribution is 2.13. The van der Waals surface area contributed by atoms with Crippen LogP contribution >= 0.6 is 0 Å². The molecule has 19 heavy (non-hydrogen) atoms. The monoisotopic (exact) mass is 267 g/mol. The highest BCUT2D eigenvalue weighted by molar-refractivity contribution is 6.01. The highest BCUT2D eigenvalue weighted by Gasteiger charge is 2.36. The van der Waals surface area contributed by atoms with E-state index in [4.69, 9.17) is 0 Å². The molecular weight excluding hydrogens is 253 g/mol. The molecule has 1 aromatic rings. The number of anilines is 1. The molecule has 2 rings (SSSR count). The Morgan fingerprint density at radius 2 is 2.26 bits per heavy atom. The molecule has 6 nitrogen and oxygen atoms in total. The number of rotatable bonds is 3. The number of carbonyl (C=O) groups excluding carboxylic acids is 2. The first-order valence-electron chi connectivity index (χ1n) is 5.85. The van der Waals surface area contributed by atoms with Crippen LogP contribution in [0.4, 0.5) is 10.1 Å². The van der Waals surface area contributed by atoms with Gasteiger partial charge in [0.2, 0.25) is 5.91 Å². The SMILES string of the molecule is O=C1NCCC(O)C1C(=O)NNc1cccc(F)c1. The smallest absolute Gasteiger partial charge is 0.253 e. The van der Waals surface area contributed by atoms with Gasteiger partial charge in [0.05, 0.1) is 11.8 Å². The van der Waals surface area contributed by atoms with Gasteiger partial charge in [-0.2, -0.15) is 0 Å². The van der Waals surface area contributed by atoms with Gasteiger partial charge in [-0.1, -0.05) is 6.07 Å². The molecule has 1 aromatic carbocycles. The highest BCUT2D eigenvalue weighted by atomic mass is 19.1. The van der Waals surface area contributed by atoms with Crippen LogP contribution in [0, 0.1) is 11.7 Å². The first-order valence-corrected chi connectivity index (χ1v) is 5.85. The summed E-state index contributed by atoms with van der Waals surface area (Å²) in [6.45, 7) is 0.348. The summed E-state index contributed by atoms with van der Waals surface area (Å²) in [5, 5.41) is 12.1. The van der Waals surface area contributed by atoms with E-state index in [1.165, 1.54) is 18.2 Å². The Bertz CT molecular complexity index is 495. The van der Waals surface area contributed by atoms with Crippen LogP contribution in [0.2, 0.25) is 0 Å². The molecular formula is C12H14FN3O3. The van der Waals surface area contributed by atoms with E-state index in [1.807, 2.05) is 0 Å². The van der Waals surface area contributed by atoms with E-state index in [-0.39, 0.29) is 0 Å². The molecule has 7 heteroatoms. The summed E-state index contributed by atoms with van der Waals surface area (Å²) in [6, 6.07) is 5.50. The van der Waals surface area contributed by atoms with Gasteiger partial charge < -0.3 is 10.4 Å². The lowest BCUT2D eigenvalue weighted by atomic mass is 9.95. The Kier molecular flexibility index (Phi) is 3.96. The molecule has 102 valence electrons. The lowest BCUT2D eigenvalue weighted by Crippen LogP contribution is -2.52. The molecule has 1 aliphatic heterocycles. The Hall–Kier alpha value is -2.15. The fourth-order valence-corrected chi connectivity index (χ4v) is 1.87. The number of aliphatic hydroxyl groups is 1. The number of hydrogen-bond donors (Lipinski definition) is 4. The standard InChI is InChI=1S/C12H14FN3O3/c13-7-2-1-3-8(6-7)15-16-12(19)10-9(17)4-5-14-11(10)18/h1-3,6,9-10,15,17H,4-5H2,(H,14,18)(H,16,19). The number of halogens is 1. The number of amides is 2. The summed E-state index contributed by atoms with van der Waals surface area (Å²) < 4.78 is 12.9. The number of nitrogens with one attached hydrogen (secondary N) is 3. The number of benzene rings is 1. The van der Waals surface area contributed by atoms with E-state index in [0.29, 0.717) is 18.7 Å². The number of hydrogen-bond acceptors (Lipinski definition) is 4. The summed E-state index contributed by atoms with van der Waals surface area (Å²) in [6.07, 6.45) is -0.688. The summed E-state index contributed by atoms with van der Waals surface area (Å²) in [4.78, 5) is 23.3. The Balaban J connectivity index is 1.95. The van der Waals surface area contributed by atoms with E-state index >= 15 is 0 Å². The zero-order valence-electron chi connectivity index (χ0n) is 10.0. The normalized spacial score (nSPS) is 22.5. The van der Waals surface area contributed by atoms with Crippen LogP contribution in [0.5, 0.6) is 0 Å². The van der Waals surface area contributed by atoms with E-state index < -0.39 is 29.7 Å². The second-order valence-electron chi connectivity index (χ2n) is 4.25. The van der Waals surface area contributed by atoms with Crippen LogP contribution in [0.15, 0.2) is 24.3 Å². The van der Waals surface area contributed by atoms with Crippen molar-refractivity contribution in [3.05, 3.63) is 30.1 Å². The Labute approximate surface area is 109 Å². The number of aliphatic hydroxyl groups excluding tert-OH is 1. The maximum atomic E-state index is 12.9.